The lowest BCUT2D eigenvalue weighted by Crippen LogP contribution is -2.64. The zero-order chi connectivity index (χ0) is 9.83. The Labute approximate surface area is 90.7 Å². The van der Waals surface area contributed by atoms with Crippen molar-refractivity contribution in [1.29, 1.82) is 0 Å². The molecule has 5 aliphatic rings. The molecule has 84 valence electrons. The molecule has 2 saturated carbocycles. The van der Waals surface area contributed by atoms with Crippen LogP contribution in [0.4, 0.5) is 0 Å². The normalized spacial score (nSPS) is 46.0. The first-order valence-electron chi connectivity index (χ1n) is 6.37. The van der Waals surface area contributed by atoms with Crippen LogP contribution >= 0.6 is 0 Å². The molecule has 2 aliphatic carbocycles. The van der Waals surface area contributed by atoms with Gasteiger partial charge < -0.3 is 9.47 Å². The highest BCUT2D eigenvalue weighted by molar-refractivity contribution is 5.01. The van der Waals surface area contributed by atoms with Gasteiger partial charge in [0.15, 0.2) is 0 Å². The Morgan fingerprint density at radius 2 is 1.80 bits per heavy atom. The highest BCUT2D eigenvalue weighted by atomic mass is 16.5. The summed E-state index contributed by atoms with van der Waals surface area (Å²) >= 11 is 0. The minimum Gasteiger partial charge on any atom is -0.378 e. The quantitative estimate of drug-likeness (QED) is 0.689. The highest BCUT2D eigenvalue weighted by Gasteiger charge is 2.50. The third kappa shape index (κ3) is 1.44. The van der Waals surface area contributed by atoms with Crippen molar-refractivity contribution < 1.29 is 9.47 Å². The first-order chi connectivity index (χ1) is 7.40. The lowest BCUT2D eigenvalue weighted by Gasteiger charge is -2.56. The van der Waals surface area contributed by atoms with E-state index >= 15 is 0 Å². The molecule has 3 saturated heterocycles. The zero-order valence-corrected chi connectivity index (χ0v) is 9.10. The summed E-state index contributed by atoms with van der Waals surface area (Å²) in [5, 5.41) is 0. The molecule has 0 aromatic rings. The Kier molecular flexibility index (Phi) is 1.91. The van der Waals surface area contributed by atoms with Crippen LogP contribution in [0.25, 0.3) is 0 Å². The number of ether oxygens (including phenoxy) is 2. The van der Waals surface area contributed by atoms with Gasteiger partial charge in [-0.25, -0.2) is 0 Å². The van der Waals surface area contributed by atoms with Crippen LogP contribution in [0.5, 0.6) is 0 Å². The molecular weight excluding hydrogens is 190 g/mol. The molecule has 2 atom stereocenters. The van der Waals surface area contributed by atoms with Crippen LogP contribution in [0.15, 0.2) is 0 Å². The van der Waals surface area contributed by atoms with Gasteiger partial charge in [0, 0.05) is 13.1 Å². The van der Waals surface area contributed by atoms with Crippen molar-refractivity contribution in [3.63, 3.8) is 0 Å². The van der Waals surface area contributed by atoms with Gasteiger partial charge >= 0.3 is 0 Å². The fourth-order valence-corrected chi connectivity index (χ4v) is 3.26. The van der Waals surface area contributed by atoms with E-state index in [2.05, 4.69) is 4.90 Å². The topological polar surface area (TPSA) is 21.7 Å². The van der Waals surface area contributed by atoms with Gasteiger partial charge in [0.25, 0.3) is 0 Å². The van der Waals surface area contributed by atoms with Gasteiger partial charge in [-0.2, -0.15) is 0 Å². The van der Waals surface area contributed by atoms with Crippen LogP contribution in [0.1, 0.15) is 19.3 Å². The van der Waals surface area contributed by atoms with Crippen molar-refractivity contribution in [3.05, 3.63) is 0 Å². The molecule has 15 heavy (non-hydrogen) atoms. The summed E-state index contributed by atoms with van der Waals surface area (Å²) in [5.41, 5.74) is 0. The molecule has 5 rings (SSSR count). The Morgan fingerprint density at radius 3 is 2.33 bits per heavy atom. The van der Waals surface area contributed by atoms with Gasteiger partial charge in [-0.1, -0.05) is 0 Å². The van der Waals surface area contributed by atoms with Crippen LogP contribution < -0.4 is 0 Å². The van der Waals surface area contributed by atoms with Crippen molar-refractivity contribution in [2.24, 2.45) is 11.8 Å². The molecule has 0 aromatic heterocycles. The Hall–Kier alpha value is -0.120. The van der Waals surface area contributed by atoms with Crippen molar-refractivity contribution in [3.8, 4) is 0 Å². The maximum absolute atomic E-state index is 6.09. The van der Waals surface area contributed by atoms with E-state index < -0.39 is 0 Å². The average molecular weight is 209 g/mol. The van der Waals surface area contributed by atoms with Crippen molar-refractivity contribution in [2.45, 2.75) is 37.5 Å². The molecule has 0 radical (unpaired) electrons. The van der Waals surface area contributed by atoms with Gasteiger partial charge in [-0.15, -0.1) is 0 Å². The maximum Gasteiger partial charge on any atom is 0.0659 e. The molecule has 3 heteroatoms. The first-order valence-corrected chi connectivity index (χ1v) is 6.37. The van der Waals surface area contributed by atoms with Gasteiger partial charge in [0.2, 0.25) is 0 Å². The lowest BCUT2D eigenvalue weighted by molar-refractivity contribution is -0.178. The third-order valence-electron chi connectivity index (χ3n) is 4.48. The number of hydrogen-bond acceptors (Lipinski definition) is 3. The molecule has 0 amide bonds. The number of hydrogen-bond donors (Lipinski definition) is 0. The second-order valence-corrected chi connectivity index (χ2v) is 5.70. The van der Waals surface area contributed by atoms with E-state index in [-0.39, 0.29) is 0 Å². The zero-order valence-electron chi connectivity index (χ0n) is 9.10. The summed E-state index contributed by atoms with van der Waals surface area (Å²) in [5.74, 6) is 1.68. The minimum atomic E-state index is 0.620. The number of piperidine rings is 2. The molecule has 0 spiro atoms. The van der Waals surface area contributed by atoms with E-state index in [9.17, 15) is 0 Å². The van der Waals surface area contributed by atoms with Crippen LogP contribution in [0, 0.1) is 11.8 Å². The molecule has 2 bridgehead atoms. The van der Waals surface area contributed by atoms with Gasteiger partial charge in [-0.05, 0) is 31.1 Å². The van der Waals surface area contributed by atoms with E-state index in [4.69, 9.17) is 9.47 Å². The molecule has 3 heterocycles. The van der Waals surface area contributed by atoms with E-state index in [1.54, 1.807) is 0 Å². The molecule has 3 nitrogen and oxygen atoms in total. The lowest BCUT2D eigenvalue weighted by atomic mass is 9.67. The predicted octanol–water partition coefficient (Wildman–Crippen LogP) is 0.884. The Balaban J connectivity index is 1.36. The van der Waals surface area contributed by atoms with Crippen LogP contribution in [0.2, 0.25) is 0 Å². The summed E-state index contributed by atoms with van der Waals surface area (Å²) in [4.78, 5) is 2.63. The molecule has 5 fully saturated rings. The summed E-state index contributed by atoms with van der Waals surface area (Å²) in [6, 6.07) is 0.733. The van der Waals surface area contributed by atoms with Crippen molar-refractivity contribution >= 4 is 0 Å². The fourth-order valence-electron chi connectivity index (χ4n) is 3.26. The van der Waals surface area contributed by atoms with Crippen molar-refractivity contribution in [2.75, 3.05) is 26.3 Å². The van der Waals surface area contributed by atoms with Gasteiger partial charge in [-0.3, -0.25) is 4.90 Å². The average Bonchev–Trinajstić information content (AvgIpc) is 2.95. The van der Waals surface area contributed by atoms with E-state index in [1.807, 2.05) is 0 Å². The number of fused-ring (bicyclic) bond motifs is 2. The van der Waals surface area contributed by atoms with Gasteiger partial charge in [0.05, 0.1) is 31.5 Å². The van der Waals surface area contributed by atoms with E-state index in [1.165, 1.54) is 32.4 Å². The monoisotopic (exact) mass is 209 g/mol. The summed E-state index contributed by atoms with van der Waals surface area (Å²) in [6.07, 6.45) is 5.31. The third-order valence-corrected chi connectivity index (χ3v) is 4.48. The standard InChI is InChI=1S/C12H19NO2/c1-2-11(1)15-12-8-3-9(12)5-13(4-8)10-6-14-7-10/h8-12H,1-7H2. The summed E-state index contributed by atoms with van der Waals surface area (Å²) < 4.78 is 11.4. The van der Waals surface area contributed by atoms with Crippen LogP contribution in [0.3, 0.4) is 0 Å². The Morgan fingerprint density at radius 1 is 1.07 bits per heavy atom. The van der Waals surface area contributed by atoms with E-state index in [0.29, 0.717) is 12.2 Å². The minimum absolute atomic E-state index is 0.620. The molecule has 2 unspecified atom stereocenters. The predicted molar refractivity (Wildman–Crippen MR) is 55.7 cm³/mol. The van der Waals surface area contributed by atoms with Crippen LogP contribution in [-0.2, 0) is 9.47 Å². The number of nitrogens with zero attached hydrogens (tertiary/aromatic N) is 1. The second-order valence-electron chi connectivity index (χ2n) is 5.70. The molecule has 0 N–H and O–H groups in total. The van der Waals surface area contributed by atoms with Gasteiger partial charge in [0.1, 0.15) is 0 Å². The highest BCUT2D eigenvalue weighted by Crippen LogP contribution is 2.45. The van der Waals surface area contributed by atoms with Crippen molar-refractivity contribution in [1.82, 2.24) is 4.90 Å². The first kappa shape index (κ1) is 8.97. The maximum atomic E-state index is 6.09. The summed E-state index contributed by atoms with van der Waals surface area (Å²) in [6.45, 7) is 4.46. The van der Waals surface area contributed by atoms with E-state index in [0.717, 1.165) is 31.1 Å². The fraction of sp³-hybridized carbons (Fsp3) is 1.00. The largest absolute Gasteiger partial charge is 0.378 e. The second kappa shape index (κ2) is 3.19. The molecular formula is C12H19NO2. The smallest absolute Gasteiger partial charge is 0.0659 e. The Bertz CT molecular complexity index is 250. The van der Waals surface area contributed by atoms with Crippen LogP contribution in [-0.4, -0.2) is 49.5 Å². The summed E-state index contributed by atoms with van der Waals surface area (Å²) in [7, 11) is 0. The molecule has 3 aliphatic heterocycles. The molecule has 0 aromatic carbocycles. The SMILES string of the molecule is C1CC1OC1C2CC1CN(C1COC1)C2. The number of rotatable bonds is 3.